The van der Waals surface area contributed by atoms with Crippen LogP contribution in [0.15, 0.2) is 29.3 Å². The fourth-order valence-corrected chi connectivity index (χ4v) is 3.44. The number of guanidine groups is 1. The molecule has 1 saturated heterocycles. The van der Waals surface area contributed by atoms with Crippen molar-refractivity contribution in [1.82, 2.24) is 14.7 Å². The van der Waals surface area contributed by atoms with Gasteiger partial charge in [0.25, 0.3) is 0 Å². The average Bonchev–Trinajstić information content (AvgIpc) is 3.01. The van der Waals surface area contributed by atoms with E-state index in [9.17, 15) is 5.26 Å². The van der Waals surface area contributed by atoms with Crippen LogP contribution in [-0.4, -0.2) is 40.3 Å². The highest BCUT2D eigenvalue weighted by Gasteiger charge is 2.18. The molecule has 156 valence electrons. The zero-order valence-corrected chi connectivity index (χ0v) is 19.5. The summed E-state index contributed by atoms with van der Waals surface area (Å²) in [6.45, 7) is 6.87. The van der Waals surface area contributed by atoms with Crippen molar-refractivity contribution in [3.05, 3.63) is 41.1 Å². The molecule has 1 fully saturated rings. The second kappa shape index (κ2) is 10.5. The number of halogens is 1. The molecule has 7 nitrogen and oxygen atoms in total. The molecule has 0 bridgehead atoms. The third-order valence-corrected chi connectivity index (χ3v) is 5.34. The molecule has 1 aliphatic heterocycles. The van der Waals surface area contributed by atoms with Crippen LogP contribution < -0.4 is 11.5 Å². The minimum Gasteiger partial charge on any atom is -0.382 e. The SMILES string of the molecule is Cc1ccc(-n2nc(CCCN=C(N)N3CCC(C)CC3)c(C#N)c2N)cc1.I. The molecule has 3 rings (SSSR count). The highest BCUT2D eigenvalue weighted by Crippen LogP contribution is 2.22. The van der Waals surface area contributed by atoms with Crippen LogP contribution in [-0.2, 0) is 6.42 Å². The maximum absolute atomic E-state index is 9.50. The van der Waals surface area contributed by atoms with E-state index in [4.69, 9.17) is 11.5 Å². The van der Waals surface area contributed by atoms with E-state index < -0.39 is 0 Å². The molecule has 1 aromatic heterocycles. The third kappa shape index (κ3) is 5.63. The summed E-state index contributed by atoms with van der Waals surface area (Å²) < 4.78 is 1.64. The van der Waals surface area contributed by atoms with Gasteiger partial charge in [0.1, 0.15) is 17.5 Å². The fraction of sp³-hybridized carbons (Fsp3) is 0.476. The van der Waals surface area contributed by atoms with Gasteiger partial charge in [-0.2, -0.15) is 10.4 Å². The van der Waals surface area contributed by atoms with Gasteiger partial charge >= 0.3 is 0 Å². The number of hydrogen-bond acceptors (Lipinski definition) is 4. The minimum atomic E-state index is 0. The zero-order valence-electron chi connectivity index (χ0n) is 17.1. The smallest absolute Gasteiger partial charge is 0.191 e. The Morgan fingerprint density at radius 1 is 1.28 bits per heavy atom. The molecular weight excluding hydrogens is 477 g/mol. The van der Waals surface area contributed by atoms with Crippen molar-refractivity contribution >= 4 is 35.8 Å². The summed E-state index contributed by atoms with van der Waals surface area (Å²) in [5.74, 6) is 1.77. The quantitative estimate of drug-likeness (QED) is 0.280. The number of likely N-dealkylation sites (tertiary alicyclic amines) is 1. The van der Waals surface area contributed by atoms with Crippen molar-refractivity contribution in [3.8, 4) is 11.8 Å². The zero-order chi connectivity index (χ0) is 20.1. The Labute approximate surface area is 189 Å². The Bertz CT molecular complexity index is 872. The lowest BCUT2D eigenvalue weighted by atomic mass is 10.00. The van der Waals surface area contributed by atoms with Crippen LogP contribution >= 0.6 is 24.0 Å². The largest absolute Gasteiger partial charge is 0.382 e. The molecular formula is C21H30IN7. The number of benzene rings is 1. The van der Waals surface area contributed by atoms with E-state index in [1.165, 1.54) is 0 Å². The van der Waals surface area contributed by atoms with Crippen LogP contribution in [0, 0.1) is 24.2 Å². The first-order chi connectivity index (χ1) is 13.5. The number of hydrogen-bond donors (Lipinski definition) is 2. The molecule has 0 aliphatic carbocycles. The van der Waals surface area contributed by atoms with Gasteiger partial charge in [-0.05, 0) is 50.7 Å². The van der Waals surface area contributed by atoms with Gasteiger partial charge in [0.15, 0.2) is 5.96 Å². The van der Waals surface area contributed by atoms with E-state index in [1.807, 2.05) is 31.2 Å². The van der Waals surface area contributed by atoms with Gasteiger partial charge in [0.2, 0.25) is 0 Å². The molecule has 0 atom stereocenters. The predicted octanol–water partition coefficient (Wildman–Crippen LogP) is 3.23. The summed E-state index contributed by atoms with van der Waals surface area (Å²) in [7, 11) is 0. The van der Waals surface area contributed by atoms with Gasteiger partial charge in [-0.15, -0.1) is 24.0 Å². The highest BCUT2D eigenvalue weighted by molar-refractivity contribution is 14.0. The standard InChI is InChI=1S/C21H29N7.HI/c1-15-5-7-17(8-6-15)28-20(23)18(14-22)19(26-28)4-3-11-25-21(24)27-12-9-16(2)10-13-27;/h5-8,16H,3-4,9-13,23H2,1-2H3,(H2,24,25);1H. The number of aryl methyl sites for hydroxylation is 2. The summed E-state index contributed by atoms with van der Waals surface area (Å²) in [5.41, 5.74) is 15.5. The predicted molar refractivity (Wildman–Crippen MR) is 128 cm³/mol. The molecule has 2 heterocycles. The summed E-state index contributed by atoms with van der Waals surface area (Å²) >= 11 is 0. The van der Waals surface area contributed by atoms with Crippen LogP contribution in [0.4, 0.5) is 5.82 Å². The number of aromatic nitrogens is 2. The first kappa shape index (κ1) is 23.0. The maximum atomic E-state index is 9.50. The van der Waals surface area contributed by atoms with Gasteiger partial charge in [-0.1, -0.05) is 24.6 Å². The molecule has 0 spiro atoms. The second-order valence-corrected chi connectivity index (χ2v) is 7.58. The van der Waals surface area contributed by atoms with Crippen LogP contribution in [0.5, 0.6) is 0 Å². The van der Waals surface area contributed by atoms with Gasteiger partial charge in [0, 0.05) is 19.6 Å². The Morgan fingerprint density at radius 2 is 1.93 bits per heavy atom. The van der Waals surface area contributed by atoms with E-state index in [0.717, 1.165) is 49.5 Å². The third-order valence-electron chi connectivity index (χ3n) is 5.34. The number of rotatable bonds is 5. The molecule has 4 N–H and O–H groups in total. The van der Waals surface area contributed by atoms with Crippen LogP contribution in [0.25, 0.3) is 5.69 Å². The average molecular weight is 507 g/mol. The Morgan fingerprint density at radius 3 is 2.55 bits per heavy atom. The molecule has 1 aromatic carbocycles. The molecule has 0 unspecified atom stereocenters. The highest BCUT2D eigenvalue weighted by atomic mass is 127. The summed E-state index contributed by atoms with van der Waals surface area (Å²) in [5, 5.41) is 14.1. The number of nitrogen functional groups attached to an aromatic ring is 1. The Kier molecular flexibility index (Phi) is 8.32. The number of piperidine rings is 1. The van der Waals surface area contributed by atoms with Gasteiger partial charge in [-0.3, -0.25) is 4.99 Å². The van der Waals surface area contributed by atoms with Crippen molar-refractivity contribution < 1.29 is 0 Å². The molecule has 8 heteroatoms. The fourth-order valence-electron chi connectivity index (χ4n) is 3.44. The van der Waals surface area contributed by atoms with Crippen molar-refractivity contribution in [2.45, 2.75) is 39.5 Å². The van der Waals surface area contributed by atoms with Crippen molar-refractivity contribution in [2.75, 3.05) is 25.4 Å². The van der Waals surface area contributed by atoms with E-state index in [2.05, 4.69) is 28.0 Å². The topological polar surface area (TPSA) is 109 Å². The molecule has 29 heavy (non-hydrogen) atoms. The maximum Gasteiger partial charge on any atom is 0.191 e. The minimum absolute atomic E-state index is 0. The number of anilines is 1. The Balaban J connectivity index is 0.00000300. The lowest BCUT2D eigenvalue weighted by molar-refractivity contribution is 0.277. The van der Waals surface area contributed by atoms with E-state index in [1.54, 1.807) is 4.68 Å². The first-order valence-electron chi connectivity index (χ1n) is 9.89. The molecule has 0 saturated carbocycles. The monoisotopic (exact) mass is 507 g/mol. The summed E-state index contributed by atoms with van der Waals surface area (Å²) in [4.78, 5) is 6.67. The van der Waals surface area contributed by atoms with Crippen LogP contribution in [0.2, 0.25) is 0 Å². The molecule has 2 aromatic rings. The number of nitriles is 1. The van der Waals surface area contributed by atoms with Crippen LogP contribution in [0.3, 0.4) is 0 Å². The van der Waals surface area contributed by atoms with Crippen molar-refractivity contribution in [2.24, 2.45) is 16.6 Å². The normalized spacial score (nSPS) is 15.1. The Hall–Kier alpha value is -2.28. The van der Waals surface area contributed by atoms with E-state index in [-0.39, 0.29) is 24.0 Å². The van der Waals surface area contributed by atoms with Gasteiger partial charge in [0.05, 0.1) is 11.4 Å². The van der Waals surface area contributed by atoms with Crippen LogP contribution in [0.1, 0.15) is 43.0 Å². The van der Waals surface area contributed by atoms with E-state index in [0.29, 0.717) is 36.0 Å². The summed E-state index contributed by atoms with van der Waals surface area (Å²) in [6.07, 6.45) is 3.73. The lowest BCUT2D eigenvalue weighted by Gasteiger charge is -2.31. The lowest BCUT2D eigenvalue weighted by Crippen LogP contribution is -2.42. The van der Waals surface area contributed by atoms with Crippen molar-refractivity contribution in [3.63, 3.8) is 0 Å². The number of nitrogens with zero attached hydrogens (tertiary/aromatic N) is 5. The molecule has 0 radical (unpaired) electrons. The first-order valence-corrected chi connectivity index (χ1v) is 9.89. The van der Waals surface area contributed by atoms with Crippen molar-refractivity contribution in [1.29, 1.82) is 5.26 Å². The second-order valence-electron chi connectivity index (χ2n) is 7.58. The molecule has 1 aliphatic rings. The number of nitrogens with two attached hydrogens (primary N) is 2. The summed E-state index contributed by atoms with van der Waals surface area (Å²) in [6, 6.07) is 10.1. The van der Waals surface area contributed by atoms with Gasteiger partial charge < -0.3 is 16.4 Å². The van der Waals surface area contributed by atoms with Gasteiger partial charge in [-0.25, -0.2) is 4.68 Å². The van der Waals surface area contributed by atoms with E-state index >= 15 is 0 Å². The number of aliphatic imine (C=N–C) groups is 1. The molecule has 0 amide bonds.